The first-order chi connectivity index (χ1) is 9.06. The molecule has 3 rings (SSSR count). The molecule has 0 radical (unpaired) electrons. The Bertz CT molecular complexity index is 634. The minimum Gasteiger partial charge on any atom is -0.383 e. The number of rotatable bonds is 1. The van der Waals surface area contributed by atoms with E-state index < -0.39 is 0 Å². The number of nitrogens with zero attached hydrogens (tertiary/aromatic N) is 2. The maximum atomic E-state index is 6.12. The minimum atomic E-state index is 0.360. The fourth-order valence-corrected chi connectivity index (χ4v) is 3.41. The predicted octanol–water partition coefficient (Wildman–Crippen LogP) is 4.03. The monoisotopic (exact) mass is 383 g/mol. The van der Waals surface area contributed by atoms with Crippen molar-refractivity contribution in [1.82, 2.24) is 9.78 Å². The van der Waals surface area contributed by atoms with E-state index in [-0.39, 0.29) is 0 Å². The van der Waals surface area contributed by atoms with E-state index in [1.54, 1.807) is 0 Å². The van der Waals surface area contributed by atoms with Crippen LogP contribution in [0.15, 0.2) is 27.1 Å². The summed E-state index contributed by atoms with van der Waals surface area (Å²) >= 11 is 7.02. The summed E-state index contributed by atoms with van der Waals surface area (Å²) in [4.78, 5) is 0. The van der Waals surface area contributed by atoms with E-state index in [0.717, 1.165) is 39.7 Å². The highest BCUT2D eigenvalue weighted by molar-refractivity contribution is 9.11. The van der Waals surface area contributed by atoms with E-state index in [1.165, 1.54) is 11.1 Å². The lowest BCUT2D eigenvalue weighted by molar-refractivity contribution is 0.409. The molecule has 0 fully saturated rings. The molecule has 1 atom stereocenters. The van der Waals surface area contributed by atoms with Crippen molar-refractivity contribution in [2.75, 3.05) is 5.73 Å². The molecular weight excluding hydrogens is 370 g/mol. The molecule has 1 unspecified atom stereocenters. The van der Waals surface area contributed by atoms with Crippen LogP contribution in [0.25, 0.3) is 0 Å². The van der Waals surface area contributed by atoms with E-state index in [2.05, 4.69) is 55.2 Å². The van der Waals surface area contributed by atoms with Gasteiger partial charge in [0.1, 0.15) is 5.82 Å². The van der Waals surface area contributed by atoms with Gasteiger partial charge in [-0.2, -0.15) is 5.10 Å². The van der Waals surface area contributed by atoms with Crippen molar-refractivity contribution in [2.24, 2.45) is 0 Å². The summed E-state index contributed by atoms with van der Waals surface area (Å²) in [5.41, 5.74) is 9.92. The lowest BCUT2D eigenvalue weighted by Crippen LogP contribution is -2.21. The number of hydrogen-bond donors (Lipinski definition) is 1. The maximum absolute atomic E-state index is 6.12. The SMILES string of the molecule is Cc1nn(C2CCc3cc(Br)ccc3C2)c(N)c1Br. The van der Waals surface area contributed by atoms with Crippen LogP contribution in [0.3, 0.4) is 0 Å². The van der Waals surface area contributed by atoms with Crippen molar-refractivity contribution < 1.29 is 0 Å². The fraction of sp³-hybridized carbons (Fsp3) is 0.357. The highest BCUT2D eigenvalue weighted by Gasteiger charge is 2.23. The maximum Gasteiger partial charge on any atom is 0.136 e. The zero-order valence-electron chi connectivity index (χ0n) is 10.7. The first kappa shape index (κ1) is 13.2. The molecule has 1 aliphatic carbocycles. The fourth-order valence-electron chi connectivity index (χ4n) is 2.74. The van der Waals surface area contributed by atoms with Crippen LogP contribution in [0.4, 0.5) is 5.82 Å². The Morgan fingerprint density at radius 3 is 2.79 bits per heavy atom. The molecule has 0 saturated heterocycles. The standard InChI is InChI=1S/C14H15Br2N3/c1-8-13(16)14(17)19(18-8)12-5-3-9-6-11(15)4-2-10(9)7-12/h2,4,6,12H,3,5,7,17H2,1H3. The van der Waals surface area contributed by atoms with E-state index in [9.17, 15) is 0 Å². The van der Waals surface area contributed by atoms with Crippen LogP contribution in [0.1, 0.15) is 29.3 Å². The third-order valence-electron chi connectivity index (χ3n) is 3.76. The molecule has 2 N–H and O–H groups in total. The number of aromatic nitrogens is 2. The second kappa shape index (κ2) is 4.94. The lowest BCUT2D eigenvalue weighted by atomic mass is 9.88. The van der Waals surface area contributed by atoms with Gasteiger partial charge in [-0.15, -0.1) is 0 Å². The van der Waals surface area contributed by atoms with E-state index >= 15 is 0 Å². The van der Waals surface area contributed by atoms with Crippen molar-refractivity contribution in [3.8, 4) is 0 Å². The van der Waals surface area contributed by atoms with Crippen molar-refractivity contribution in [1.29, 1.82) is 0 Å². The number of hydrogen-bond acceptors (Lipinski definition) is 2. The molecule has 0 saturated carbocycles. The quantitative estimate of drug-likeness (QED) is 0.806. The molecule has 0 bridgehead atoms. The first-order valence-corrected chi connectivity index (χ1v) is 7.92. The Morgan fingerprint density at radius 2 is 2.11 bits per heavy atom. The molecule has 0 spiro atoms. The Morgan fingerprint density at radius 1 is 1.32 bits per heavy atom. The number of benzene rings is 1. The van der Waals surface area contributed by atoms with Crippen LogP contribution in [-0.2, 0) is 12.8 Å². The van der Waals surface area contributed by atoms with Gasteiger partial charge in [0.25, 0.3) is 0 Å². The molecule has 1 aromatic carbocycles. The van der Waals surface area contributed by atoms with Crippen LogP contribution in [0.5, 0.6) is 0 Å². The largest absolute Gasteiger partial charge is 0.383 e. The predicted molar refractivity (Wildman–Crippen MR) is 84.3 cm³/mol. The van der Waals surface area contributed by atoms with E-state index in [1.807, 2.05) is 11.6 Å². The van der Waals surface area contributed by atoms with Gasteiger partial charge in [0.05, 0.1) is 16.2 Å². The zero-order chi connectivity index (χ0) is 13.6. The number of aryl methyl sites for hydroxylation is 2. The Balaban J connectivity index is 1.93. The summed E-state index contributed by atoms with van der Waals surface area (Å²) < 4.78 is 4.06. The van der Waals surface area contributed by atoms with E-state index in [4.69, 9.17) is 5.73 Å². The second-order valence-electron chi connectivity index (χ2n) is 5.04. The minimum absolute atomic E-state index is 0.360. The summed E-state index contributed by atoms with van der Waals surface area (Å²) in [7, 11) is 0. The average molecular weight is 385 g/mol. The number of halogens is 2. The van der Waals surface area contributed by atoms with Crippen molar-refractivity contribution in [2.45, 2.75) is 32.2 Å². The average Bonchev–Trinajstić information content (AvgIpc) is 2.66. The van der Waals surface area contributed by atoms with Crippen LogP contribution < -0.4 is 5.73 Å². The van der Waals surface area contributed by atoms with Crippen LogP contribution in [0, 0.1) is 6.92 Å². The normalized spacial score (nSPS) is 18.4. The summed E-state index contributed by atoms with van der Waals surface area (Å²) in [6.45, 7) is 1.98. The molecular formula is C14H15Br2N3. The Labute approximate surface area is 129 Å². The molecule has 2 aromatic rings. The Kier molecular flexibility index (Phi) is 3.43. The molecule has 1 heterocycles. The second-order valence-corrected chi connectivity index (χ2v) is 6.75. The molecule has 0 aliphatic heterocycles. The highest BCUT2D eigenvalue weighted by Crippen LogP contribution is 2.34. The topological polar surface area (TPSA) is 43.8 Å². The highest BCUT2D eigenvalue weighted by atomic mass is 79.9. The van der Waals surface area contributed by atoms with Gasteiger partial charge >= 0.3 is 0 Å². The van der Waals surface area contributed by atoms with Gasteiger partial charge in [-0.25, -0.2) is 4.68 Å². The molecule has 0 amide bonds. The first-order valence-electron chi connectivity index (χ1n) is 6.33. The number of fused-ring (bicyclic) bond motifs is 1. The zero-order valence-corrected chi connectivity index (χ0v) is 13.8. The van der Waals surface area contributed by atoms with Gasteiger partial charge in [-0.05, 0) is 65.4 Å². The van der Waals surface area contributed by atoms with Crippen molar-refractivity contribution in [3.05, 3.63) is 44.0 Å². The number of anilines is 1. The van der Waals surface area contributed by atoms with Gasteiger partial charge < -0.3 is 5.73 Å². The van der Waals surface area contributed by atoms with Gasteiger partial charge in [-0.1, -0.05) is 22.0 Å². The van der Waals surface area contributed by atoms with Gasteiger partial charge in [0, 0.05) is 4.47 Å². The third kappa shape index (κ3) is 2.34. The number of nitrogen functional groups attached to an aromatic ring is 1. The van der Waals surface area contributed by atoms with Gasteiger partial charge in [-0.3, -0.25) is 0 Å². The Hall–Kier alpha value is -0.810. The molecule has 100 valence electrons. The van der Waals surface area contributed by atoms with Crippen LogP contribution >= 0.6 is 31.9 Å². The summed E-state index contributed by atoms with van der Waals surface area (Å²) in [6.07, 6.45) is 3.16. The number of nitrogens with two attached hydrogens (primary N) is 1. The summed E-state index contributed by atoms with van der Waals surface area (Å²) in [5, 5.41) is 4.56. The lowest BCUT2D eigenvalue weighted by Gasteiger charge is -2.25. The summed E-state index contributed by atoms with van der Waals surface area (Å²) in [6, 6.07) is 6.89. The third-order valence-corrected chi connectivity index (χ3v) is 5.24. The van der Waals surface area contributed by atoms with Gasteiger partial charge in [0.15, 0.2) is 0 Å². The molecule has 5 heteroatoms. The molecule has 1 aromatic heterocycles. The molecule has 19 heavy (non-hydrogen) atoms. The van der Waals surface area contributed by atoms with Gasteiger partial charge in [0.2, 0.25) is 0 Å². The van der Waals surface area contributed by atoms with Crippen molar-refractivity contribution >= 4 is 37.7 Å². The van der Waals surface area contributed by atoms with Crippen LogP contribution in [0.2, 0.25) is 0 Å². The van der Waals surface area contributed by atoms with Crippen molar-refractivity contribution in [3.63, 3.8) is 0 Å². The smallest absolute Gasteiger partial charge is 0.136 e. The van der Waals surface area contributed by atoms with E-state index in [0.29, 0.717) is 6.04 Å². The molecule has 3 nitrogen and oxygen atoms in total. The van der Waals surface area contributed by atoms with Crippen LogP contribution in [-0.4, -0.2) is 9.78 Å². The molecule has 1 aliphatic rings. The summed E-state index contributed by atoms with van der Waals surface area (Å²) in [5.74, 6) is 0.739.